The van der Waals surface area contributed by atoms with Crippen molar-refractivity contribution in [1.82, 2.24) is 15.1 Å². The van der Waals surface area contributed by atoms with Crippen molar-refractivity contribution in [1.29, 1.82) is 0 Å². The second-order valence-corrected chi connectivity index (χ2v) is 5.58. The van der Waals surface area contributed by atoms with Gasteiger partial charge in [-0.15, -0.1) is 0 Å². The third-order valence-electron chi connectivity index (χ3n) is 3.58. The second kappa shape index (κ2) is 7.62. The fourth-order valence-corrected chi connectivity index (χ4v) is 2.71. The summed E-state index contributed by atoms with van der Waals surface area (Å²) in [5, 5.41) is 8.93. The van der Waals surface area contributed by atoms with Crippen LogP contribution in [0.5, 0.6) is 0 Å². The van der Waals surface area contributed by atoms with E-state index in [9.17, 15) is 0 Å². The predicted molar refractivity (Wildman–Crippen MR) is 89.3 cm³/mol. The van der Waals surface area contributed by atoms with Crippen molar-refractivity contribution in [2.45, 2.75) is 46.6 Å². The van der Waals surface area contributed by atoms with Gasteiger partial charge in [0.2, 0.25) is 0 Å². The first kappa shape index (κ1) is 16.1. The molecule has 0 aliphatic rings. The van der Waals surface area contributed by atoms with Gasteiger partial charge >= 0.3 is 0 Å². The topological polar surface area (TPSA) is 29.9 Å². The van der Waals surface area contributed by atoms with E-state index in [1.807, 2.05) is 16.8 Å². The molecule has 0 atom stereocenters. The summed E-state index contributed by atoms with van der Waals surface area (Å²) in [6, 6.07) is 8.24. The van der Waals surface area contributed by atoms with Crippen LogP contribution in [0.25, 0.3) is 5.69 Å². The maximum Gasteiger partial charge on any atom is 0.0879 e. The molecule has 2 aromatic rings. The molecule has 1 aromatic heterocycles. The van der Waals surface area contributed by atoms with E-state index in [4.69, 9.17) is 16.7 Å². The Bertz CT molecular complexity index is 590. The van der Waals surface area contributed by atoms with Crippen molar-refractivity contribution in [2.75, 3.05) is 6.54 Å². The highest BCUT2D eigenvalue weighted by atomic mass is 35.5. The molecule has 1 aromatic carbocycles. The fraction of sp³-hybridized carbons (Fsp3) is 0.471. The highest BCUT2D eigenvalue weighted by Gasteiger charge is 2.14. The van der Waals surface area contributed by atoms with E-state index in [0.29, 0.717) is 0 Å². The lowest BCUT2D eigenvalue weighted by Gasteiger charge is -2.14. The summed E-state index contributed by atoms with van der Waals surface area (Å²) in [6.07, 6.45) is 3.01. The lowest BCUT2D eigenvalue weighted by molar-refractivity contribution is 0.667. The summed E-state index contributed by atoms with van der Waals surface area (Å²) < 4.78 is 2.02. The van der Waals surface area contributed by atoms with Crippen molar-refractivity contribution in [2.24, 2.45) is 0 Å². The smallest absolute Gasteiger partial charge is 0.0879 e. The summed E-state index contributed by atoms with van der Waals surface area (Å²) in [5.41, 5.74) is 4.52. The van der Waals surface area contributed by atoms with E-state index >= 15 is 0 Å². The van der Waals surface area contributed by atoms with Gasteiger partial charge in [-0.25, -0.2) is 4.68 Å². The summed E-state index contributed by atoms with van der Waals surface area (Å²) in [4.78, 5) is 0. The van der Waals surface area contributed by atoms with Crippen LogP contribution in [-0.4, -0.2) is 16.3 Å². The van der Waals surface area contributed by atoms with Gasteiger partial charge in [0.1, 0.15) is 0 Å². The Hall–Kier alpha value is -1.32. The lowest BCUT2D eigenvalue weighted by atomic mass is 10.1. The molecule has 2 rings (SSSR count). The van der Waals surface area contributed by atoms with E-state index in [2.05, 4.69) is 38.2 Å². The van der Waals surface area contributed by atoms with Gasteiger partial charge in [0.05, 0.1) is 16.4 Å². The maximum absolute atomic E-state index is 6.47. The Balaban J connectivity index is 2.44. The molecule has 114 valence electrons. The van der Waals surface area contributed by atoms with Gasteiger partial charge in [0.25, 0.3) is 0 Å². The number of benzene rings is 1. The van der Waals surface area contributed by atoms with Gasteiger partial charge in [-0.1, -0.05) is 44.5 Å². The molecular formula is C17H24ClN3. The normalized spacial score (nSPS) is 11.0. The molecule has 0 bridgehead atoms. The molecule has 0 unspecified atom stereocenters. The van der Waals surface area contributed by atoms with Gasteiger partial charge in [0, 0.05) is 12.2 Å². The molecular weight excluding hydrogens is 282 g/mol. The molecule has 0 aliphatic heterocycles. The van der Waals surface area contributed by atoms with Crippen LogP contribution in [0, 0.1) is 0 Å². The minimum atomic E-state index is 0.756. The fourth-order valence-electron chi connectivity index (χ4n) is 2.43. The van der Waals surface area contributed by atoms with Gasteiger partial charge in [0.15, 0.2) is 0 Å². The van der Waals surface area contributed by atoms with Crippen molar-refractivity contribution < 1.29 is 0 Å². The Morgan fingerprint density at radius 1 is 1.19 bits per heavy atom. The van der Waals surface area contributed by atoms with Crippen molar-refractivity contribution in [3.8, 4) is 5.69 Å². The molecule has 0 saturated carbocycles. The standard InChI is InChI=1S/C17H24ClN3/c1-4-10-19-12-13-8-7-9-16(18)17(13)21-15(6-3)11-14(5-2)20-21/h7-9,11,19H,4-6,10,12H2,1-3H3. The summed E-state index contributed by atoms with van der Waals surface area (Å²) in [7, 11) is 0. The highest BCUT2D eigenvalue weighted by Crippen LogP contribution is 2.26. The van der Waals surface area contributed by atoms with E-state index in [0.717, 1.165) is 48.8 Å². The Kier molecular flexibility index (Phi) is 5.83. The zero-order valence-corrected chi connectivity index (χ0v) is 13.9. The van der Waals surface area contributed by atoms with Crippen molar-refractivity contribution in [3.05, 3.63) is 46.2 Å². The molecule has 0 spiro atoms. The van der Waals surface area contributed by atoms with E-state index in [1.165, 1.54) is 11.3 Å². The molecule has 21 heavy (non-hydrogen) atoms. The van der Waals surface area contributed by atoms with Crippen molar-refractivity contribution in [3.63, 3.8) is 0 Å². The zero-order chi connectivity index (χ0) is 15.2. The van der Waals surface area contributed by atoms with Crippen LogP contribution in [0.1, 0.15) is 44.1 Å². The molecule has 0 aliphatic carbocycles. The highest BCUT2D eigenvalue weighted by molar-refractivity contribution is 6.32. The van der Waals surface area contributed by atoms with Gasteiger partial charge in [-0.2, -0.15) is 5.10 Å². The number of hydrogen-bond donors (Lipinski definition) is 1. The molecule has 1 heterocycles. The average Bonchev–Trinajstić information content (AvgIpc) is 2.90. The van der Waals surface area contributed by atoms with Crippen LogP contribution < -0.4 is 5.32 Å². The van der Waals surface area contributed by atoms with Gasteiger partial charge in [-0.05, 0) is 43.5 Å². The van der Waals surface area contributed by atoms with E-state index < -0.39 is 0 Å². The number of halogens is 1. The van der Waals surface area contributed by atoms with Crippen molar-refractivity contribution >= 4 is 11.6 Å². The molecule has 4 heteroatoms. The number of nitrogens with one attached hydrogen (secondary N) is 1. The molecule has 1 N–H and O–H groups in total. The van der Waals surface area contributed by atoms with E-state index in [1.54, 1.807) is 0 Å². The quantitative estimate of drug-likeness (QED) is 0.779. The van der Waals surface area contributed by atoms with Gasteiger partial charge in [-0.3, -0.25) is 0 Å². The molecule has 0 radical (unpaired) electrons. The monoisotopic (exact) mass is 305 g/mol. The summed E-state index contributed by atoms with van der Waals surface area (Å²) in [5.74, 6) is 0. The average molecular weight is 306 g/mol. The summed E-state index contributed by atoms with van der Waals surface area (Å²) in [6.45, 7) is 8.27. The first-order valence-electron chi connectivity index (χ1n) is 7.77. The van der Waals surface area contributed by atoms with Crippen LogP contribution in [0.15, 0.2) is 24.3 Å². The minimum absolute atomic E-state index is 0.756. The first-order valence-corrected chi connectivity index (χ1v) is 8.15. The Labute approximate surface area is 132 Å². The minimum Gasteiger partial charge on any atom is -0.313 e. The molecule has 0 amide bonds. The number of rotatable bonds is 7. The third kappa shape index (κ3) is 3.66. The predicted octanol–water partition coefficient (Wildman–Crippen LogP) is 4.15. The van der Waals surface area contributed by atoms with E-state index in [-0.39, 0.29) is 0 Å². The first-order chi connectivity index (χ1) is 10.2. The van der Waals surface area contributed by atoms with Crippen LogP contribution in [0.4, 0.5) is 0 Å². The maximum atomic E-state index is 6.47. The number of para-hydroxylation sites is 1. The number of aryl methyl sites for hydroxylation is 2. The molecule has 0 fully saturated rings. The van der Waals surface area contributed by atoms with Gasteiger partial charge < -0.3 is 5.32 Å². The lowest BCUT2D eigenvalue weighted by Crippen LogP contribution is -2.16. The SMILES string of the molecule is CCCNCc1cccc(Cl)c1-n1nc(CC)cc1CC. The number of hydrogen-bond acceptors (Lipinski definition) is 2. The Morgan fingerprint density at radius 3 is 2.67 bits per heavy atom. The number of aromatic nitrogens is 2. The van der Waals surface area contributed by atoms with Crippen LogP contribution in [0.2, 0.25) is 5.02 Å². The largest absolute Gasteiger partial charge is 0.313 e. The van der Waals surface area contributed by atoms with Crippen LogP contribution >= 0.6 is 11.6 Å². The Morgan fingerprint density at radius 2 is 2.00 bits per heavy atom. The molecule has 0 saturated heterocycles. The molecule has 3 nitrogen and oxygen atoms in total. The van der Waals surface area contributed by atoms with Crippen LogP contribution in [-0.2, 0) is 19.4 Å². The van der Waals surface area contributed by atoms with Crippen LogP contribution in [0.3, 0.4) is 0 Å². The number of nitrogens with zero attached hydrogens (tertiary/aromatic N) is 2. The zero-order valence-electron chi connectivity index (χ0n) is 13.1. The second-order valence-electron chi connectivity index (χ2n) is 5.17. The summed E-state index contributed by atoms with van der Waals surface area (Å²) >= 11 is 6.47. The third-order valence-corrected chi connectivity index (χ3v) is 3.89.